The number of nitrogens with zero attached hydrogens (tertiary/aromatic N) is 8. The van der Waals surface area contributed by atoms with Crippen LogP contribution in [0.3, 0.4) is 0 Å². The Morgan fingerprint density at radius 3 is 1.51 bits per heavy atom. The standard InChI is InChI=1S/2C26H21N7O5S/c1-12-28-18-8-13(2-7-21(18)38-12)11-27-23(35)20-10-19(30-25-31-32-26(39)33(20)25)22(34)29-17-6-4-14-9-15(24(36)37)3-5-16(14)17;1-12-28-18-8-13(2-7-21(18)38-12)11-27-22(34)19-10-20(33-25(30-19)31-32-26(33)39)23(35)29-17-6-4-14-9-15(24(36)37)3-5-16(14)17/h2-3,5,7-10,17H,4,6,11H2,1H3,(H,27,35)(H,29,34)(H,32,39)(H,36,37);2-3,5,7-10,17H,4,6,11H2,1H3,(H,27,34)(H,29,35)(H,32,39)(H,36,37)/t2*17-/m00/s1. The number of benzene rings is 4. The lowest BCUT2D eigenvalue weighted by molar-refractivity contribution is 0.0686. The third-order valence-corrected chi connectivity index (χ3v) is 13.8. The minimum Gasteiger partial charge on any atom is -0.478 e. The SMILES string of the molecule is Cc1nc2cc(CNC(=O)c3cc(C(=O)N[C@H]4CCc5cc(C(=O)O)ccc54)n4c(=S)[nH]nc4n3)ccc2o1.Cc1nc2cc(CNC(=O)c3cc(C(=O)N[C@H]4CCc5cc(C(=O)O)ccc54)nc4n[nH]c(=S)n34)ccc2o1. The summed E-state index contributed by atoms with van der Waals surface area (Å²) in [7, 11) is 0. The monoisotopic (exact) mass is 1090 g/mol. The maximum absolute atomic E-state index is 13.4. The number of fused-ring (bicyclic) bond motifs is 6. The Morgan fingerprint density at radius 1 is 0.577 bits per heavy atom. The number of carbonyl (C=O) groups excluding carboxylic acids is 4. The van der Waals surface area contributed by atoms with E-state index < -0.39 is 35.6 Å². The van der Waals surface area contributed by atoms with Gasteiger partial charge in [0.15, 0.2) is 22.9 Å². The second-order valence-corrected chi connectivity index (χ2v) is 19.2. The minimum absolute atomic E-state index is 0.00192. The Labute approximate surface area is 448 Å². The maximum atomic E-state index is 13.4. The van der Waals surface area contributed by atoms with Crippen molar-refractivity contribution in [2.24, 2.45) is 0 Å². The number of nitrogens with one attached hydrogen (secondary N) is 6. The van der Waals surface area contributed by atoms with Gasteiger partial charge in [0, 0.05) is 26.9 Å². The molecule has 78 heavy (non-hydrogen) atoms. The molecule has 6 heterocycles. The summed E-state index contributed by atoms with van der Waals surface area (Å²) in [6.45, 7) is 3.94. The van der Waals surface area contributed by atoms with Crippen LogP contribution >= 0.6 is 24.4 Å². The first-order chi connectivity index (χ1) is 37.5. The quantitative estimate of drug-likeness (QED) is 0.0600. The molecule has 2 aliphatic rings. The Morgan fingerprint density at radius 2 is 1.03 bits per heavy atom. The topological polar surface area (TPSA) is 335 Å². The molecular weight excluding hydrogens is 1040 g/mol. The number of aromatic amines is 2. The van der Waals surface area contributed by atoms with Crippen molar-refractivity contribution in [3.8, 4) is 0 Å². The average molecular weight is 1090 g/mol. The van der Waals surface area contributed by atoms with Crippen molar-refractivity contribution >= 4 is 93.8 Å². The molecule has 0 saturated carbocycles. The van der Waals surface area contributed by atoms with Crippen LogP contribution in [0.1, 0.15) is 133 Å². The van der Waals surface area contributed by atoms with Crippen LogP contribution in [0.4, 0.5) is 0 Å². The van der Waals surface area contributed by atoms with E-state index in [1.807, 2.05) is 24.3 Å². The van der Waals surface area contributed by atoms with Crippen molar-refractivity contribution in [3.05, 3.63) is 174 Å². The van der Waals surface area contributed by atoms with E-state index in [0.29, 0.717) is 59.7 Å². The van der Waals surface area contributed by atoms with Gasteiger partial charge in [0.25, 0.3) is 35.2 Å². The highest BCUT2D eigenvalue weighted by Gasteiger charge is 2.29. The predicted molar refractivity (Wildman–Crippen MR) is 280 cm³/mol. The number of carboxylic acids is 2. The van der Waals surface area contributed by atoms with Crippen LogP contribution in [-0.4, -0.2) is 94.9 Å². The van der Waals surface area contributed by atoms with Crippen molar-refractivity contribution in [3.63, 3.8) is 0 Å². The fourth-order valence-electron chi connectivity index (χ4n) is 9.60. The van der Waals surface area contributed by atoms with E-state index in [-0.39, 0.29) is 80.2 Å². The summed E-state index contributed by atoms with van der Waals surface area (Å²) in [4.78, 5) is 92.8. The van der Waals surface area contributed by atoms with Crippen LogP contribution in [0.25, 0.3) is 33.8 Å². The van der Waals surface area contributed by atoms with Gasteiger partial charge in [-0.25, -0.2) is 48.5 Å². The predicted octanol–water partition coefficient (Wildman–Crippen LogP) is 6.56. The average Bonchev–Trinajstić information content (AvgIpc) is 4.36. The van der Waals surface area contributed by atoms with E-state index in [0.717, 1.165) is 33.4 Å². The zero-order chi connectivity index (χ0) is 54.5. The van der Waals surface area contributed by atoms with Crippen molar-refractivity contribution in [2.45, 2.75) is 64.7 Å². The molecule has 0 radical (unpaired) electrons. The molecule has 2 atom stereocenters. The smallest absolute Gasteiger partial charge is 0.335 e. The van der Waals surface area contributed by atoms with Crippen LogP contribution in [0.15, 0.2) is 93.8 Å². The first kappa shape index (κ1) is 50.3. The molecule has 6 aromatic heterocycles. The number of amides is 4. The normalized spacial score (nSPS) is 14.4. The molecule has 2 aliphatic carbocycles. The summed E-state index contributed by atoms with van der Waals surface area (Å²) in [5, 5.41) is 43.4. The molecular formula is C52H42N14O10S2. The van der Waals surface area contributed by atoms with Crippen LogP contribution in [0.2, 0.25) is 0 Å². The number of rotatable bonds is 12. The van der Waals surface area contributed by atoms with Gasteiger partial charge in [-0.15, -0.1) is 10.2 Å². The number of aromatic carboxylic acids is 2. The lowest BCUT2D eigenvalue weighted by Gasteiger charge is -2.15. The second kappa shape index (κ2) is 20.4. The van der Waals surface area contributed by atoms with Crippen molar-refractivity contribution in [2.75, 3.05) is 0 Å². The van der Waals surface area contributed by atoms with E-state index in [9.17, 15) is 39.0 Å². The molecule has 10 aromatic rings. The van der Waals surface area contributed by atoms with E-state index in [1.54, 1.807) is 50.2 Å². The van der Waals surface area contributed by atoms with E-state index in [2.05, 4.69) is 61.6 Å². The van der Waals surface area contributed by atoms with Crippen LogP contribution < -0.4 is 21.3 Å². The Balaban J connectivity index is 0.000000165. The van der Waals surface area contributed by atoms with Crippen molar-refractivity contribution in [1.29, 1.82) is 0 Å². The molecule has 12 rings (SSSR count). The second-order valence-electron chi connectivity index (χ2n) is 18.4. The molecule has 24 nitrogen and oxygen atoms in total. The van der Waals surface area contributed by atoms with Gasteiger partial charge < -0.3 is 40.3 Å². The summed E-state index contributed by atoms with van der Waals surface area (Å²) >= 11 is 10.6. The molecule has 26 heteroatoms. The molecule has 0 fully saturated rings. The molecule has 0 aliphatic heterocycles. The lowest BCUT2D eigenvalue weighted by Crippen LogP contribution is -2.30. The Kier molecular flexibility index (Phi) is 13.1. The number of carbonyl (C=O) groups is 6. The van der Waals surface area contributed by atoms with E-state index in [1.165, 1.54) is 33.1 Å². The molecule has 0 spiro atoms. The first-order valence-electron chi connectivity index (χ1n) is 24.1. The first-order valence-corrected chi connectivity index (χ1v) is 24.9. The lowest BCUT2D eigenvalue weighted by atomic mass is 10.0. The molecule has 0 unspecified atom stereocenters. The number of H-pyrrole nitrogens is 2. The summed E-state index contributed by atoms with van der Waals surface area (Å²) in [5.41, 5.74) is 8.38. The maximum Gasteiger partial charge on any atom is 0.335 e. The molecule has 392 valence electrons. The molecule has 0 bridgehead atoms. The van der Waals surface area contributed by atoms with Gasteiger partial charge in [-0.05, 0) is 144 Å². The fraction of sp³-hybridized carbons (Fsp3) is 0.192. The van der Waals surface area contributed by atoms with Gasteiger partial charge in [-0.1, -0.05) is 24.3 Å². The number of hydrogen-bond donors (Lipinski definition) is 8. The van der Waals surface area contributed by atoms with Gasteiger partial charge in [0.1, 0.15) is 33.8 Å². The fourth-order valence-corrected chi connectivity index (χ4v) is 10.1. The number of hydrogen-bond acceptors (Lipinski definition) is 16. The number of oxazole rings is 2. The third-order valence-electron chi connectivity index (χ3n) is 13.3. The zero-order valence-corrected chi connectivity index (χ0v) is 42.7. The highest BCUT2D eigenvalue weighted by Crippen LogP contribution is 2.34. The Bertz CT molecular complexity index is 4290. The summed E-state index contributed by atoms with van der Waals surface area (Å²) in [6, 6.07) is 22.7. The van der Waals surface area contributed by atoms with E-state index in [4.69, 9.17) is 33.3 Å². The molecule has 4 aromatic carbocycles. The van der Waals surface area contributed by atoms with Crippen LogP contribution in [-0.2, 0) is 25.9 Å². The van der Waals surface area contributed by atoms with Gasteiger partial charge in [0.05, 0.1) is 23.2 Å². The number of aryl methyl sites for hydroxylation is 4. The molecule has 4 amide bonds. The van der Waals surface area contributed by atoms with Gasteiger partial charge in [-0.2, -0.15) is 0 Å². The van der Waals surface area contributed by atoms with Crippen molar-refractivity contribution in [1.82, 2.24) is 70.4 Å². The largest absolute Gasteiger partial charge is 0.478 e. The Hall–Kier alpha value is -9.82. The third kappa shape index (κ3) is 9.94. The zero-order valence-electron chi connectivity index (χ0n) is 41.0. The number of carboxylic acid groups (broad SMARTS) is 2. The molecule has 8 N–H and O–H groups in total. The van der Waals surface area contributed by atoms with E-state index >= 15 is 0 Å². The summed E-state index contributed by atoms with van der Waals surface area (Å²) in [5.74, 6) is -2.67. The summed E-state index contributed by atoms with van der Waals surface area (Å²) < 4.78 is 14.0. The van der Waals surface area contributed by atoms with Crippen molar-refractivity contribution < 1.29 is 47.8 Å². The minimum atomic E-state index is -1.00. The van der Waals surface area contributed by atoms with Gasteiger partial charge >= 0.3 is 11.9 Å². The highest BCUT2D eigenvalue weighted by molar-refractivity contribution is 7.71. The molecule has 0 saturated heterocycles. The van der Waals surface area contributed by atoms with Crippen LogP contribution in [0, 0.1) is 23.4 Å². The van der Waals surface area contributed by atoms with Gasteiger partial charge in [0.2, 0.25) is 9.54 Å². The van der Waals surface area contributed by atoms with Gasteiger partial charge in [-0.3, -0.25) is 19.2 Å². The highest BCUT2D eigenvalue weighted by atomic mass is 32.1. The van der Waals surface area contributed by atoms with Crippen LogP contribution in [0.5, 0.6) is 0 Å². The number of aromatic nitrogens is 10. The summed E-state index contributed by atoms with van der Waals surface area (Å²) in [6.07, 6.45) is 2.49.